The number of hydrogen-bond acceptors (Lipinski definition) is 7. The van der Waals surface area contributed by atoms with Crippen molar-refractivity contribution in [1.82, 2.24) is 5.32 Å². The van der Waals surface area contributed by atoms with Crippen LogP contribution >= 0.6 is 0 Å². The smallest absolute Gasteiger partial charge is 0.308 e. The van der Waals surface area contributed by atoms with E-state index in [1.807, 2.05) is 13.8 Å². The summed E-state index contributed by atoms with van der Waals surface area (Å²) in [6.45, 7) is 10.5. The first-order chi connectivity index (χ1) is 16.6. The van der Waals surface area contributed by atoms with Gasteiger partial charge in [-0.25, -0.2) is 0 Å². The molecule has 0 bridgehead atoms. The molecule has 0 saturated carbocycles. The van der Waals surface area contributed by atoms with Crippen molar-refractivity contribution in [2.75, 3.05) is 31.7 Å². The van der Waals surface area contributed by atoms with Crippen LogP contribution in [0.1, 0.15) is 59.4 Å². The molecule has 0 aliphatic carbocycles. The summed E-state index contributed by atoms with van der Waals surface area (Å²) in [5.74, 6) is -0.840. The molecule has 1 aromatic rings. The summed E-state index contributed by atoms with van der Waals surface area (Å²) in [7, 11) is 0. The Bertz CT molecular complexity index is 808. The first kappa shape index (κ1) is 30.3. The number of hydrogen-bond donors (Lipinski definition) is 2. The van der Waals surface area contributed by atoms with E-state index in [4.69, 9.17) is 14.2 Å². The molecule has 0 heterocycles. The standard InChI is InChI=1S/C26H40N2O7/c1-6-19(4)23(29)11-13-33-15-16-34-14-12-24(30)27-20(5)25(31)28-22-9-7-21(8-10-22)17-35-26(32)18(2)3/h7-10,18-20H,6,11-17H2,1-5H3,(H,27,30)(H,28,31)/t19?,20-/m0/s1. The van der Waals surface area contributed by atoms with Crippen molar-refractivity contribution >= 4 is 29.3 Å². The molecule has 1 aromatic carbocycles. The zero-order valence-electron chi connectivity index (χ0n) is 21.6. The molecule has 0 aromatic heterocycles. The molecule has 0 saturated heterocycles. The first-order valence-corrected chi connectivity index (χ1v) is 12.2. The molecule has 9 nitrogen and oxygen atoms in total. The third-order valence-electron chi connectivity index (χ3n) is 5.35. The molecule has 0 spiro atoms. The molecule has 35 heavy (non-hydrogen) atoms. The quantitative estimate of drug-likeness (QED) is 0.253. The molecule has 1 rings (SSSR count). The molecule has 2 atom stereocenters. The van der Waals surface area contributed by atoms with Gasteiger partial charge in [0.2, 0.25) is 11.8 Å². The molecule has 9 heteroatoms. The van der Waals surface area contributed by atoms with Gasteiger partial charge < -0.3 is 24.8 Å². The van der Waals surface area contributed by atoms with Crippen LogP contribution in [-0.2, 0) is 40.0 Å². The van der Waals surface area contributed by atoms with E-state index < -0.39 is 6.04 Å². The van der Waals surface area contributed by atoms with Gasteiger partial charge in [0.15, 0.2) is 0 Å². The van der Waals surface area contributed by atoms with Crippen LogP contribution < -0.4 is 10.6 Å². The van der Waals surface area contributed by atoms with E-state index in [0.717, 1.165) is 12.0 Å². The fourth-order valence-electron chi connectivity index (χ4n) is 2.77. The Kier molecular flexibility index (Phi) is 14.5. The molecule has 2 amide bonds. The number of Topliss-reactive ketones (excluding diaryl/α,β-unsaturated/α-hetero) is 1. The van der Waals surface area contributed by atoms with Crippen LogP contribution in [-0.4, -0.2) is 56.0 Å². The van der Waals surface area contributed by atoms with Gasteiger partial charge in [0.1, 0.15) is 18.4 Å². The number of ether oxygens (including phenoxy) is 3. The fourth-order valence-corrected chi connectivity index (χ4v) is 2.77. The average molecular weight is 493 g/mol. The summed E-state index contributed by atoms with van der Waals surface area (Å²) in [6, 6.07) is 6.22. The maximum atomic E-state index is 12.3. The summed E-state index contributed by atoms with van der Waals surface area (Å²) in [5, 5.41) is 5.38. The number of rotatable bonds is 17. The largest absolute Gasteiger partial charge is 0.461 e. The van der Waals surface area contributed by atoms with E-state index in [2.05, 4.69) is 10.6 Å². The molecule has 0 fully saturated rings. The molecule has 1 unspecified atom stereocenters. The maximum Gasteiger partial charge on any atom is 0.308 e. The monoisotopic (exact) mass is 492 g/mol. The van der Waals surface area contributed by atoms with E-state index in [1.165, 1.54) is 0 Å². The lowest BCUT2D eigenvalue weighted by atomic mass is 10.0. The maximum absolute atomic E-state index is 12.3. The van der Waals surface area contributed by atoms with Crippen LogP contribution in [0.15, 0.2) is 24.3 Å². The molecule has 2 N–H and O–H groups in total. The van der Waals surface area contributed by atoms with Gasteiger partial charge in [-0.15, -0.1) is 0 Å². The van der Waals surface area contributed by atoms with Gasteiger partial charge in [-0.1, -0.05) is 39.8 Å². The van der Waals surface area contributed by atoms with Crippen molar-refractivity contribution < 1.29 is 33.4 Å². The van der Waals surface area contributed by atoms with Crippen LogP contribution in [0.25, 0.3) is 0 Å². The van der Waals surface area contributed by atoms with Gasteiger partial charge in [0.05, 0.1) is 32.3 Å². The number of amides is 2. The molecular weight excluding hydrogens is 452 g/mol. The van der Waals surface area contributed by atoms with Gasteiger partial charge in [0, 0.05) is 24.4 Å². The Balaban J connectivity index is 2.19. The number of nitrogens with one attached hydrogen (secondary N) is 2. The second-order valence-electron chi connectivity index (χ2n) is 8.74. The molecule has 0 aliphatic heterocycles. The second kappa shape index (κ2) is 16.8. The Morgan fingerprint density at radius 2 is 1.46 bits per heavy atom. The highest BCUT2D eigenvalue weighted by molar-refractivity contribution is 5.96. The Hall–Kier alpha value is -2.78. The highest BCUT2D eigenvalue weighted by atomic mass is 16.5. The number of benzene rings is 1. The van der Waals surface area contributed by atoms with Crippen molar-refractivity contribution in [2.45, 2.75) is 66.5 Å². The van der Waals surface area contributed by atoms with E-state index in [1.54, 1.807) is 45.0 Å². The Morgan fingerprint density at radius 1 is 0.857 bits per heavy atom. The summed E-state index contributed by atoms with van der Waals surface area (Å²) >= 11 is 0. The van der Waals surface area contributed by atoms with Crippen LogP contribution in [0.5, 0.6) is 0 Å². The highest BCUT2D eigenvalue weighted by Gasteiger charge is 2.16. The highest BCUT2D eigenvalue weighted by Crippen LogP contribution is 2.12. The lowest BCUT2D eigenvalue weighted by molar-refractivity contribution is -0.148. The molecule has 0 radical (unpaired) electrons. The summed E-state index contributed by atoms with van der Waals surface area (Å²) in [5.41, 5.74) is 1.38. The number of esters is 1. The number of carbonyl (C=O) groups is 4. The summed E-state index contributed by atoms with van der Waals surface area (Å²) in [4.78, 5) is 47.6. The van der Waals surface area contributed by atoms with Crippen LogP contribution in [0.2, 0.25) is 0 Å². The topological polar surface area (TPSA) is 120 Å². The second-order valence-corrected chi connectivity index (χ2v) is 8.74. The minimum atomic E-state index is -0.722. The average Bonchev–Trinajstić information content (AvgIpc) is 2.83. The normalized spacial score (nSPS) is 12.6. The predicted molar refractivity (Wildman–Crippen MR) is 133 cm³/mol. The van der Waals surface area contributed by atoms with Crippen LogP contribution in [0, 0.1) is 11.8 Å². The third kappa shape index (κ3) is 13.0. The lowest BCUT2D eigenvalue weighted by Crippen LogP contribution is -2.41. The first-order valence-electron chi connectivity index (χ1n) is 12.2. The molecule has 196 valence electrons. The predicted octanol–water partition coefficient (Wildman–Crippen LogP) is 3.26. The van der Waals surface area contributed by atoms with Crippen LogP contribution in [0.3, 0.4) is 0 Å². The minimum Gasteiger partial charge on any atom is -0.461 e. The van der Waals surface area contributed by atoms with E-state index in [-0.39, 0.29) is 55.0 Å². The van der Waals surface area contributed by atoms with Crippen molar-refractivity contribution in [1.29, 1.82) is 0 Å². The van der Waals surface area contributed by atoms with E-state index >= 15 is 0 Å². The zero-order chi connectivity index (χ0) is 26.2. The van der Waals surface area contributed by atoms with Gasteiger partial charge in [-0.05, 0) is 31.0 Å². The number of carbonyl (C=O) groups excluding carboxylic acids is 4. The van der Waals surface area contributed by atoms with Gasteiger partial charge in [-0.3, -0.25) is 19.2 Å². The Labute approximate surface area is 208 Å². The fraction of sp³-hybridized carbons (Fsp3) is 0.615. The molecular formula is C26H40N2O7. The minimum absolute atomic E-state index is 0.0611. The lowest BCUT2D eigenvalue weighted by Gasteiger charge is -2.14. The van der Waals surface area contributed by atoms with Crippen LogP contribution in [0.4, 0.5) is 5.69 Å². The van der Waals surface area contributed by atoms with Gasteiger partial charge in [-0.2, -0.15) is 0 Å². The van der Waals surface area contributed by atoms with Crippen molar-refractivity contribution in [3.05, 3.63) is 29.8 Å². The molecule has 0 aliphatic rings. The van der Waals surface area contributed by atoms with Gasteiger partial charge in [0.25, 0.3) is 0 Å². The SMILES string of the molecule is CCC(C)C(=O)CCOCCOCCC(=O)N[C@@H](C)C(=O)Nc1ccc(COC(=O)C(C)C)cc1. The summed E-state index contributed by atoms with van der Waals surface area (Å²) in [6.07, 6.45) is 1.35. The van der Waals surface area contributed by atoms with E-state index in [9.17, 15) is 19.2 Å². The Morgan fingerprint density at radius 3 is 2.03 bits per heavy atom. The zero-order valence-corrected chi connectivity index (χ0v) is 21.6. The number of anilines is 1. The van der Waals surface area contributed by atoms with Crippen molar-refractivity contribution in [3.63, 3.8) is 0 Å². The third-order valence-corrected chi connectivity index (χ3v) is 5.35. The summed E-state index contributed by atoms with van der Waals surface area (Å²) < 4.78 is 15.9. The van der Waals surface area contributed by atoms with Gasteiger partial charge >= 0.3 is 5.97 Å². The van der Waals surface area contributed by atoms with Crippen molar-refractivity contribution in [3.8, 4) is 0 Å². The van der Waals surface area contributed by atoms with E-state index in [0.29, 0.717) is 31.9 Å². The van der Waals surface area contributed by atoms with Crippen molar-refractivity contribution in [2.24, 2.45) is 11.8 Å². The number of ketones is 1.